The molecule has 4 nitrogen and oxygen atoms in total. The van der Waals surface area contributed by atoms with Gasteiger partial charge in [0.15, 0.2) is 0 Å². The lowest BCUT2D eigenvalue weighted by Crippen LogP contribution is -2.43. The fraction of sp³-hybridized carbons (Fsp3) is 0.500. The molecule has 0 aliphatic carbocycles. The molecule has 18 heavy (non-hydrogen) atoms. The number of amides is 1. The van der Waals surface area contributed by atoms with Crippen LogP contribution in [0.25, 0.3) is 0 Å². The van der Waals surface area contributed by atoms with E-state index in [2.05, 4.69) is 10.6 Å². The molecule has 2 aliphatic heterocycles. The highest BCUT2D eigenvalue weighted by Gasteiger charge is 2.31. The zero-order valence-electron chi connectivity index (χ0n) is 10.3. The smallest absolute Gasteiger partial charge is 0.224 e. The van der Waals surface area contributed by atoms with Crippen molar-refractivity contribution in [3.63, 3.8) is 0 Å². The van der Waals surface area contributed by atoms with E-state index < -0.39 is 5.60 Å². The molecule has 0 radical (unpaired) electrons. The highest BCUT2D eigenvalue weighted by molar-refractivity contribution is 5.93. The summed E-state index contributed by atoms with van der Waals surface area (Å²) in [6.45, 7) is 1.58. The number of fused-ring (bicyclic) bond motifs is 1. The van der Waals surface area contributed by atoms with Crippen molar-refractivity contribution >= 4 is 11.6 Å². The molecule has 0 aromatic heterocycles. The SMILES string of the molecule is O=C1CCc2cc(C3(O)CCCNC3)ccc2N1. The fourth-order valence-corrected chi connectivity index (χ4v) is 2.81. The minimum atomic E-state index is -0.755. The fourth-order valence-electron chi connectivity index (χ4n) is 2.81. The van der Waals surface area contributed by atoms with Gasteiger partial charge in [0.25, 0.3) is 0 Å². The standard InChI is InChI=1S/C14H18N2O2/c17-13-5-2-10-8-11(3-4-12(10)16-13)14(18)6-1-7-15-9-14/h3-4,8,15,18H,1-2,5-7,9H2,(H,16,17). The first-order chi connectivity index (χ1) is 8.67. The maximum atomic E-state index is 11.3. The van der Waals surface area contributed by atoms with Crippen LogP contribution in [0.3, 0.4) is 0 Å². The van der Waals surface area contributed by atoms with Crippen LogP contribution in [0.1, 0.15) is 30.4 Å². The van der Waals surface area contributed by atoms with Gasteiger partial charge in [-0.1, -0.05) is 12.1 Å². The van der Waals surface area contributed by atoms with Crippen LogP contribution < -0.4 is 10.6 Å². The van der Waals surface area contributed by atoms with Crippen molar-refractivity contribution in [2.75, 3.05) is 18.4 Å². The number of carbonyl (C=O) groups excluding carboxylic acids is 1. The van der Waals surface area contributed by atoms with Crippen molar-refractivity contribution in [2.45, 2.75) is 31.3 Å². The number of nitrogens with one attached hydrogen (secondary N) is 2. The predicted molar refractivity (Wildman–Crippen MR) is 69.4 cm³/mol. The van der Waals surface area contributed by atoms with Crippen LogP contribution in [0.2, 0.25) is 0 Å². The van der Waals surface area contributed by atoms with E-state index in [1.807, 2.05) is 18.2 Å². The van der Waals surface area contributed by atoms with Crippen molar-refractivity contribution in [3.8, 4) is 0 Å². The quantitative estimate of drug-likeness (QED) is 0.696. The average Bonchev–Trinajstić information content (AvgIpc) is 2.39. The first-order valence-electron chi connectivity index (χ1n) is 6.54. The maximum absolute atomic E-state index is 11.3. The van der Waals surface area contributed by atoms with E-state index in [-0.39, 0.29) is 5.91 Å². The number of β-amino-alcohol motifs (C(OH)–C–C–N with tert-alkyl or cyclic N) is 1. The van der Waals surface area contributed by atoms with E-state index in [9.17, 15) is 9.90 Å². The number of benzene rings is 1. The minimum Gasteiger partial charge on any atom is -0.384 e. The number of aryl methyl sites for hydroxylation is 1. The Labute approximate surface area is 106 Å². The molecule has 3 N–H and O–H groups in total. The van der Waals surface area contributed by atoms with Gasteiger partial charge in [0.1, 0.15) is 5.60 Å². The second-order valence-corrected chi connectivity index (χ2v) is 5.23. The Morgan fingerprint density at radius 3 is 2.94 bits per heavy atom. The monoisotopic (exact) mass is 246 g/mol. The summed E-state index contributed by atoms with van der Waals surface area (Å²) in [5.74, 6) is 0.0771. The number of carbonyl (C=O) groups is 1. The Bertz CT molecular complexity index is 479. The number of aliphatic hydroxyl groups is 1. The minimum absolute atomic E-state index is 0.0771. The summed E-state index contributed by atoms with van der Waals surface area (Å²) < 4.78 is 0. The molecule has 2 aliphatic rings. The Kier molecular flexibility index (Phi) is 2.84. The van der Waals surface area contributed by atoms with Gasteiger partial charge >= 0.3 is 0 Å². The van der Waals surface area contributed by atoms with Gasteiger partial charge in [-0.15, -0.1) is 0 Å². The van der Waals surface area contributed by atoms with Crippen LogP contribution in [0, 0.1) is 0 Å². The highest BCUT2D eigenvalue weighted by Crippen LogP contribution is 2.32. The van der Waals surface area contributed by atoms with E-state index >= 15 is 0 Å². The zero-order chi connectivity index (χ0) is 12.6. The summed E-state index contributed by atoms with van der Waals surface area (Å²) in [6, 6.07) is 5.88. The summed E-state index contributed by atoms with van der Waals surface area (Å²) in [5.41, 5.74) is 2.23. The van der Waals surface area contributed by atoms with Crippen molar-refractivity contribution < 1.29 is 9.90 Å². The van der Waals surface area contributed by atoms with E-state index in [0.717, 1.165) is 42.6 Å². The van der Waals surface area contributed by atoms with Crippen LogP contribution in [0.15, 0.2) is 18.2 Å². The molecular weight excluding hydrogens is 228 g/mol. The van der Waals surface area contributed by atoms with E-state index in [4.69, 9.17) is 0 Å². The number of anilines is 1. The Hall–Kier alpha value is -1.39. The molecule has 96 valence electrons. The predicted octanol–water partition coefficient (Wildman–Crippen LogP) is 1.14. The van der Waals surface area contributed by atoms with Crippen LogP contribution in [0.5, 0.6) is 0 Å². The van der Waals surface area contributed by atoms with Crippen LogP contribution in [0.4, 0.5) is 5.69 Å². The van der Waals surface area contributed by atoms with E-state index in [0.29, 0.717) is 13.0 Å². The summed E-state index contributed by atoms with van der Waals surface area (Å²) in [7, 11) is 0. The number of rotatable bonds is 1. The maximum Gasteiger partial charge on any atom is 0.224 e. The van der Waals surface area contributed by atoms with Crippen LogP contribution in [-0.4, -0.2) is 24.1 Å². The van der Waals surface area contributed by atoms with E-state index in [1.54, 1.807) is 0 Å². The van der Waals surface area contributed by atoms with Gasteiger partial charge < -0.3 is 15.7 Å². The molecule has 1 amide bonds. The summed E-state index contributed by atoms with van der Waals surface area (Å²) >= 11 is 0. The molecule has 2 heterocycles. The molecule has 0 spiro atoms. The lowest BCUT2D eigenvalue weighted by molar-refractivity contribution is -0.116. The lowest BCUT2D eigenvalue weighted by atomic mass is 9.85. The second kappa shape index (κ2) is 4.37. The number of hydrogen-bond donors (Lipinski definition) is 3. The average molecular weight is 246 g/mol. The topological polar surface area (TPSA) is 61.4 Å². The van der Waals surface area contributed by atoms with Gasteiger partial charge in [-0.25, -0.2) is 0 Å². The molecule has 4 heteroatoms. The Morgan fingerprint density at radius 2 is 2.17 bits per heavy atom. The molecular formula is C14H18N2O2. The van der Waals surface area contributed by atoms with Crippen molar-refractivity contribution in [2.24, 2.45) is 0 Å². The summed E-state index contributed by atoms with van der Waals surface area (Å²) in [4.78, 5) is 11.3. The third-order valence-electron chi connectivity index (χ3n) is 3.90. The molecule has 1 atom stereocenters. The lowest BCUT2D eigenvalue weighted by Gasteiger charge is -2.34. The Morgan fingerprint density at radius 1 is 1.28 bits per heavy atom. The largest absolute Gasteiger partial charge is 0.384 e. The second-order valence-electron chi connectivity index (χ2n) is 5.23. The molecule has 1 aromatic rings. The van der Waals surface area contributed by atoms with Gasteiger partial charge in [0.2, 0.25) is 5.91 Å². The van der Waals surface area contributed by atoms with Gasteiger partial charge in [-0.2, -0.15) is 0 Å². The van der Waals surface area contributed by atoms with Crippen molar-refractivity contribution in [1.82, 2.24) is 5.32 Å². The first kappa shape index (κ1) is 11.7. The molecule has 0 bridgehead atoms. The summed E-state index contributed by atoms with van der Waals surface area (Å²) in [6.07, 6.45) is 3.08. The van der Waals surface area contributed by atoms with Crippen LogP contribution >= 0.6 is 0 Å². The van der Waals surface area contributed by atoms with Gasteiger partial charge in [0.05, 0.1) is 0 Å². The Balaban J connectivity index is 1.92. The molecule has 1 saturated heterocycles. The van der Waals surface area contributed by atoms with Crippen LogP contribution in [-0.2, 0) is 16.8 Å². The molecule has 0 saturated carbocycles. The zero-order valence-corrected chi connectivity index (χ0v) is 10.3. The molecule has 1 unspecified atom stereocenters. The van der Waals surface area contributed by atoms with Gasteiger partial charge in [0, 0.05) is 18.7 Å². The number of hydrogen-bond acceptors (Lipinski definition) is 3. The first-order valence-corrected chi connectivity index (χ1v) is 6.54. The normalized spacial score (nSPS) is 27.5. The van der Waals surface area contributed by atoms with E-state index in [1.165, 1.54) is 0 Å². The molecule has 1 fully saturated rings. The summed E-state index contributed by atoms with van der Waals surface area (Å²) in [5, 5.41) is 16.8. The third-order valence-corrected chi connectivity index (χ3v) is 3.90. The van der Waals surface area contributed by atoms with Gasteiger partial charge in [-0.05, 0) is 43.0 Å². The number of piperidine rings is 1. The van der Waals surface area contributed by atoms with Crippen molar-refractivity contribution in [3.05, 3.63) is 29.3 Å². The third kappa shape index (κ3) is 2.02. The van der Waals surface area contributed by atoms with Crippen molar-refractivity contribution in [1.29, 1.82) is 0 Å². The van der Waals surface area contributed by atoms with Gasteiger partial charge in [-0.3, -0.25) is 4.79 Å². The molecule has 3 rings (SSSR count). The highest BCUT2D eigenvalue weighted by atomic mass is 16.3. The molecule has 1 aromatic carbocycles.